The lowest BCUT2D eigenvalue weighted by Gasteiger charge is -2.23. The Balaban J connectivity index is 2.63. The van der Waals surface area contributed by atoms with E-state index in [-0.39, 0.29) is 5.56 Å². The summed E-state index contributed by atoms with van der Waals surface area (Å²) in [7, 11) is 1.54. The second-order valence-corrected chi connectivity index (χ2v) is 5.13. The van der Waals surface area contributed by atoms with Crippen molar-refractivity contribution in [1.29, 1.82) is 0 Å². The van der Waals surface area contributed by atoms with E-state index in [1.165, 1.54) is 13.2 Å². The van der Waals surface area contributed by atoms with E-state index in [1.54, 1.807) is 18.2 Å². The number of alkyl halides is 3. The van der Waals surface area contributed by atoms with Crippen LogP contribution in [-0.4, -0.2) is 12.0 Å². The number of halogens is 5. The molecule has 0 fully saturated rings. The van der Waals surface area contributed by atoms with Gasteiger partial charge in [-0.15, -0.1) is 0 Å². The molecule has 0 aliphatic rings. The van der Waals surface area contributed by atoms with Gasteiger partial charge in [-0.25, -0.2) is 0 Å². The van der Waals surface area contributed by atoms with Crippen LogP contribution in [0.4, 0.5) is 13.2 Å². The van der Waals surface area contributed by atoms with E-state index in [4.69, 9.17) is 23.2 Å². The van der Waals surface area contributed by atoms with Crippen LogP contribution >= 0.6 is 23.2 Å². The number of nitrogens with zero attached hydrogens (tertiary/aromatic N) is 1. The Labute approximate surface area is 129 Å². The first-order valence-electron chi connectivity index (χ1n) is 5.98. The van der Waals surface area contributed by atoms with Gasteiger partial charge < -0.3 is 5.32 Å². The second-order valence-electron chi connectivity index (χ2n) is 4.32. The molecule has 0 amide bonds. The highest BCUT2D eigenvalue weighted by molar-refractivity contribution is 6.36. The third kappa shape index (κ3) is 3.31. The predicted molar refractivity (Wildman–Crippen MR) is 76.6 cm³/mol. The highest BCUT2D eigenvalue weighted by atomic mass is 35.5. The maximum Gasteiger partial charge on any atom is 0.416 e. The summed E-state index contributed by atoms with van der Waals surface area (Å²) in [6.45, 7) is 0. The summed E-state index contributed by atoms with van der Waals surface area (Å²) >= 11 is 12.2. The molecule has 0 aliphatic carbocycles. The van der Waals surface area contributed by atoms with Crippen molar-refractivity contribution in [2.45, 2.75) is 12.2 Å². The molecule has 112 valence electrons. The van der Waals surface area contributed by atoms with Gasteiger partial charge in [0.05, 0.1) is 11.6 Å². The molecule has 1 aromatic carbocycles. The summed E-state index contributed by atoms with van der Waals surface area (Å²) in [5.41, 5.74) is -0.405. The normalized spacial score (nSPS) is 13.2. The van der Waals surface area contributed by atoms with Gasteiger partial charge in [0.15, 0.2) is 0 Å². The summed E-state index contributed by atoms with van der Waals surface area (Å²) in [6.07, 6.45) is -2.21. The predicted octanol–water partition coefficient (Wildman–Crippen LogP) is 4.72. The summed E-state index contributed by atoms with van der Waals surface area (Å²) in [5, 5.41) is 3.40. The molecule has 0 saturated carbocycles. The molecule has 1 N–H and O–H groups in total. The van der Waals surface area contributed by atoms with Gasteiger partial charge in [-0.1, -0.05) is 29.3 Å². The Morgan fingerprint density at radius 1 is 1.14 bits per heavy atom. The van der Waals surface area contributed by atoms with Gasteiger partial charge in [-0.3, -0.25) is 4.98 Å². The molecule has 0 saturated heterocycles. The van der Waals surface area contributed by atoms with Gasteiger partial charge >= 0.3 is 6.18 Å². The second kappa shape index (κ2) is 6.22. The number of hydrogen-bond donors (Lipinski definition) is 1. The van der Waals surface area contributed by atoms with Gasteiger partial charge in [-0.2, -0.15) is 13.2 Å². The molecule has 0 bridgehead atoms. The Hall–Kier alpha value is -1.30. The fraction of sp³-hybridized carbons (Fsp3) is 0.214. The first-order chi connectivity index (χ1) is 9.86. The van der Waals surface area contributed by atoms with Gasteiger partial charge in [0.2, 0.25) is 0 Å². The average molecular weight is 335 g/mol. The zero-order chi connectivity index (χ0) is 15.6. The third-order valence-electron chi connectivity index (χ3n) is 3.05. The topological polar surface area (TPSA) is 24.9 Å². The lowest BCUT2D eigenvalue weighted by Crippen LogP contribution is -2.23. The number of hydrogen-bond acceptors (Lipinski definition) is 2. The quantitative estimate of drug-likeness (QED) is 0.878. The fourth-order valence-electron chi connectivity index (χ4n) is 2.14. The molecule has 1 atom stereocenters. The Kier molecular flexibility index (Phi) is 4.76. The molecule has 21 heavy (non-hydrogen) atoms. The molecule has 0 radical (unpaired) electrons. The minimum atomic E-state index is -4.49. The highest BCUT2D eigenvalue weighted by Crippen LogP contribution is 2.39. The molecule has 1 aromatic heterocycles. The molecule has 7 heteroatoms. The summed E-state index contributed by atoms with van der Waals surface area (Å²) in [4.78, 5) is 3.79. The van der Waals surface area contributed by atoms with Crippen molar-refractivity contribution in [3.8, 4) is 0 Å². The summed E-state index contributed by atoms with van der Waals surface area (Å²) < 4.78 is 39.4. The van der Waals surface area contributed by atoms with Gasteiger partial charge in [0, 0.05) is 33.6 Å². The molecule has 2 rings (SSSR count). The largest absolute Gasteiger partial charge is 0.416 e. The van der Waals surface area contributed by atoms with E-state index in [9.17, 15) is 13.2 Å². The Morgan fingerprint density at radius 2 is 1.76 bits per heavy atom. The fourth-order valence-corrected chi connectivity index (χ4v) is 2.75. The SMILES string of the molecule is CNC(c1cnccc1C(F)(F)F)c1c(Cl)cccc1Cl. The number of aromatic nitrogens is 1. The molecule has 0 aliphatic heterocycles. The van der Waals surface area contributed by atoms with Crippen LogP contribution in [0, 0.1) is 0 Å². The zero-order valence-electron chi connectivity index (χ0n) is 10.9. The lowest BCUT2D eigenvalue weighted by molar-refractivity contribution is -0.138. The van der Waals surface area contributed by atoms with Gasteiger partial charge in [0.1, 0.15) is 0 Å². The van der Waals surface area contributed by atoms with Crippen molar-refractivity contribution in [2.24, 2.45) is 0 Å². The van der Waals surface area contributed by atoms with Crippen molar-refractivity contribution in [1.82, 2.24) is 10.3 Å². The third-order valence-corrected chi connectivity index (χ3v) is 3.70. The van der Waals surface area contributed by atoms with Crippen molar-refractivity contribution < 1.29 is 13.2 Å². The van der Waals surface area contributed by atoms with Crippen LogP contribution in [0.3, 0.4) is 0 Å². The first-order valence-corrected chi connectivity index (χ1v) is 6.74. The molecular weight excluding hydrogens is 324 g/mol. The van der Waals surface area contributed by atoms with E-state index in [0.29, 0.717) is 15.6 Å². The van der Waals surface area contributed by atoms with E-state index in [0.717, 1.165) is 12.3 Å². The highest BCUT2D eigenvalue weighted by Gasteiger charge is 2.36. The maximum absolute atomic E-state index is 13.1. The summed E-state index contributed by atoms with van der Waals surface area (Å²) in [5.74, 6) is 0. The standard InChI is InChI=1S/C14H11Cl2F3N2/c1-20-13(12-10(15)3-2-4-11(12)16)8-7-21-6-5-9(8)14(17,18)19/h2-7,13,20H,1H3. The average Bonchev–Trinajstić information content (AvgIpc) is 2.42. The molecule has 0 spiro atoms. The first kappa shape index (κ1) is 16.1. The van der Waals surface area contributed by atoms with Crippen LogP contribution in [-0.2, 0) is 6.18 Å². The van der Waals surface area contributed by atoms with E-state index >= 15 is 0 Å². The molecule has 1 unspecified atom stereocenters. The van der Waals surface area contributed by atoms with Crippen molar-refractivity contribution in [2.75, 3.05) is 7.05 Å². The van der Waals surface area contributed by atoms with Gasteiger partial charge in [-0.05, 0) is 25.2 Å². The smallest absolute Gasteiger partial charge is 0.309 e. The molecule has 2 nitrogen and oxygen atoms in total. The van der Waals surface area contributed by atoms with Crippen LogP contribution in [0.5, 0.6) is 0 Å². The lowest BCUT2D eigenvalue weighted by atomic mass is 9.96. The molecule has 2 aromatic rings. The van der Waals surface area contributed by atoms with Crippen molar-refractivity contribution in [3.63, 3.8) is 0 Å². The number of nitrogens with one attached hydrogen (secondary N) is 1. The van der Waals surface area contributed by atoms with E-state index in [2.05, 4.69) is 10.3 Å². The van der Waals surface area contributed by atoms with E-state index < -0.39 is 17.8 Å². The molecule has 1 heterocycles. The van der Waals surface area contributed by atoms with Crippen LogP contribution in [0.25, 0.3) is 0 Å². The number of benzene rings is 1. The van der Waals surface area contributed by atoms with Crippen LogP contribution in [0.2, 0.25) is 10.0 Å². The van der Waals surface area contributed by atoms with Crippen LogP contribution in [0.15, 0.2) is 36.7 Å². The molecular formula is C14H11Cl2F3N2. The van der Waals surface area contributed by atoms with Crippen LogP contribution in [0.1, 0.15) is 22.7 Å². The number of pyridine rings is 1. The van der Waals surface area contributed by atoms with Crippen molar-refractivity contribution in [3.05, 3.63) is 63.4 Å². The Morgan fingerprint density at radius 3 is 2.29 bits per heavy atom. The van der Waals surface area contributed by atoms with Gasteiger partial charge in [0.25, 0.3) is 0 Å². The van der Waals surface area contributed by atoms with Crippen LogP contribution < -0.4 is 5.32 Å². The monoisotopic (exact) mass is 334 g/mol. The minimum absolute atomic E-state index is 0.0255. The number of rotatable bonds is 3. The Bertz CT molecular complexity index is 624. The van der Waals surface area contributed by atoms with Crippen molar-refractivity contribution >= 4 is 23.2 Å². The zero-order valence-corrected chi connectivity index (χ0v) is 12.4. The maximum atomic E-state index is 13.1. The summed E-state index contributed by atoms with van der Waals surface area (Å²) in [6, 6.07) is 4.92. The minimum Gasteiger partial charge on any atom is -0.309 e. The van der Waals surface area contributed by atoms with E-state index in [1.807, 2.05) is 0 Å².